The lowest BCUT2D eigenvalue weighted by Gasteiger charge is -2.43. The SMILES string of the molecule is O=C1NC(=O)C2(CCN(CC3COc4ccccc4O3)CC2)N1c1ccccc1. The molecule has 1 spiro atoms. The minimum Gasteiger partial charge on any atom is -0.486 e. The van der Waals surface area contributed by atoms with Crippen molar-refractivity contribution in [3.05, 3.63) is 54.6 Å². The molecule has 0 saturated carbocycles. The Balaban J connectivity index is 1.27. The molecule has 7 nitrogen and oxygen atoms in total. The molecule has 3 heterocycles. The van der Waals surface area contributed by atoms with Crippen LogP contribution in [0.15, 0.2) is 54.6 Å². The van der Waals surface area contributed by atoms with E-state index in [0.717, 1.165) is 23.7 Å². The molecular weight excluding hydrogens is 370 g/mol. The van der Waals surface area contributed by atoms with Gasteiger partial charge in [-0.2, -0.15) is 0 Å². The summed E-state index contributed by atoms with van der Waals surface area (Å²) in [4.78, 5) is 29.2. The number of para-hydroxylation sites is 3. The van der Waals surface area contributed by atoms with E-state index in [9.17, 15) is 9.59 Å². The zero-order valence-electron chi connectivity index (χ0n) is 16.0. The molecule has 1 N–H and O–H groups in total. The van der Waals surface area contributed by atoms with Crippen LogP contribution in [0.1, 0.15) is 12.8 Å². The van der Waals surface area contributed by atoms with Crippen LogP contribution in [-0.4, -0.2) is 54.7 Å². The Morgan fingerprint density at radius 3 is 2.41 bits per heavy atom. The van der Waals surface area contributed by atoms with Crippen molar-refractivity contribution in [2.24, 2.45) is 0 Å². The third-order valence-corrected chi connectivity index (χ3v) is 6.00. The van der Waals surface area contributed by atoms with Crippen molar-refractivity contribution >= 4 is 17.6 Å². The highest BCUT2D eigenvalue weighted by molar-refractivity contribution is 6.17. The summed E-state index contributed by atoms with van der Waals surface area (Å²) in [6.45, 7) is 2.66. The average molecular weight is 393 g/mol. The van der Waals surface area contributed by atoms with Gasteiger partial charge in [0.25, 0.3) is 5.91 Å². The number of carbonyl (C=O) groups is 2. The smallest absolute Gasteiger partial charge is 0.329 e. The minimum atomic E-state index is -0.814. The first-order valence-corrected chi connectivity index (χ1v) is 9.97. The van der Waals surface area contributed by atoms with Gasteiger partial charge in [0.05, 0.1) is 0 Å². The fraction of sp³-hybridized carbons (Fsp3) is 0.364. The number of hydrogen-bond donors (Lipinski definition) is 1. The van der Waals surface area contributed by atoms with Crippen molar-refractivity contribution in [1.29, 1.82) is 0 Å². The highest BCUT2D eigenvalue weighted by atomic mass is 16.6. The van der Waals surface area contributed by atoms with Gasteiger partial charge in [-0.1, -0.05) is 30.3 Å². The molecule has 5 rings (SSSR count). The van der Waals surface area contributed by atoms with Crippen molar-refractivity contribution in [2.75, 3.05) is 31.1 Å². The van der Waals surface area contributed by atoms with E-state index in [1.807, 2.05) is 54.6 Å². The van der Waals surface area contributed by atoms with E-state index in [-0.39, 0.29) is 18.0 Å². The van der Waals surface area contributed by atoms with Gasteiger partial charge in [0.15, 0.2) is 11.5 Å². The second kappa shape index (κ2) is 7.08. The van der Waals surface area contributed by atoms with Crippen LogP contribution in [0, 0.1) is 0 Å². The largest absolute Gasteiger partial charge is 0.486 e. The van der Waals surface area contributed by atoms with Crippen molar-refractivity contribution in [2.45, 2.75) is 24.5 Å². The van der Waals surface area contributed by atoms with Crippen molar-refractivity contribution < 1.29 is 19.1 Å². The van der Waals surface area contributed by atoms with E-state index in [0.29, 0.717) is 32.5 Å². The van der Waals surface area contributed by atoms with Gasteiger partial charge in [0.1, 0.15) is 18.2 Å². The van der Waals surface area contributed by atoms with Gasteiger partial charge in [0, 0.05) is 25.3 Å². The Morgan fingerprint density at radius 2 is 1.66 bits per heavy atom. The number of urea groups is 1. The molecule has 3 aliphatic heterocycles. The molecule has 29 heavy (non-hydrogen) atoms. The van der Waals surface area contributed by atoms with Gasteiger partial charge < -0.3 is 9.47 Å². The lowest BCUT2D eigenvalue weighted by Crippen LogP contribution is -2.58. The Hall–Kier alpha value is -3.06. The molecule has 2 aromatic carbocycles. The fourth-order valence-electron chi connectivity index (χ4n) is 4.50. The van der Waals surface area contributed by atoms with Crippen molar-refractivity contribution in [3.8, 4) is 11.5 Å². The maximum atomic E-state index is 12.7. The van der Waals surface area contributed by atoms with E-state index in [1.165, 1.54) is 0 Å². The summed E-state index contributed by atoms with van der Waals surface area (Å²) in [7, 11) is 0. The molecule has 3 amide bonds. The molecule has 0 bridgehead atoms. The van der Waals surface area contributed by atoms with Crippen LogP contribution in [0.4, 0.5) is 10.5 Å². The van der Waals surface area contributed by atoms with Gasteiger partial charge in [-0.25, -0.2) is 4.79 Å². The molecule has 3 aliphatic rings. The quantitative estimate of drug-likeness (QED) is 0.811. The number of likely N-dealkylation sites (tertiary alicyclic amines) is 1. The van der Waals surface area contributed by atoms with E-state index in [1.54, 1.807) is 4.90 Å². The van der Waals surface area contributed by atoms with Gasteiger partial charge >= 0.3 is 6.03 Å². The number of anilines is 1. The van der Waals surface area contributed by atoms with Crippen LogP contribution in [0.2, 0.25) is 0 Å². The summed E-state index contributed by atoms with van der Waals surface area (Å²) in [5, 5.41) is 2.52. The van der Waals surface area contributed by atoms with Gasteiger partial charge in [-0.05, 0) is 37.1 Å². The molecular formula is C22H23N3O4. The number of fused-ring (bicyclic) bond motifs is 1. The number of carbonyl (C=O) groups excluding carboxylic acids is 2. The minimum absolute atomic E-state index is 0.0526. The molecule has 7 heteroatoms. The lowest BCUT2D eigenvalue weighted by molar-refractivity contribution is -0.125. The molecule has 150 valence electrons. The number of nitrogens with zero attached hydrogens (tertiary/aromatic N) is 2. The normalized spacial score (nSPS) is 23.3. The van der Waals surface area contributed by atoms with Crippen molar-refractivity contribution in [3.63, 3.8) is 0 Å². The first-order valence-electron chi connectivity index (χ1n) is 9.97. The summed E-state index contributed by atoms with van der Waals surface area (Å²) >= 11 is 0. The van der Waals surface area contributed by atoms with E-state index >= 15 is 0 Å². The fourth-order valence-corrected chi connectivity index (χ4v) is 4.50. The molecule has 2 saturated heterocycles. The molecule has 1 unspecified atom stereocenters. The molecule has 0 aromatic heterocycles. The summed E-state index contributed by atoms with van der Waals surface area (Å²) < 4.78 is 11.9. The number of hydrogen-bond acceptors (Lipinski definition) is 5. The monoisotopic (exact) mass is 393 g/mol. The van der Waals surface area contributed by atoms with Crippen LogP contribution in [0.25, 0.3) is 0 Å². The maximum Gasteiger partial charge on any atom is 0.329 e. The molecule has 0 aliphatic carbocycles. The summed E-state index contributed by atoms with van der Waals surface area (Å²) in [6, 6.07) is 16.8. The Kier molecular flexibility index (Phi) is 4.39. The molecule has 2 fully saturated rings. The molecule has 0 radical (unpaired) electrons. The number of piperidine rings is 1. The first kappa shape index (κ1) is 18.0. The number of amides is 3. The average Bonchev–Trinajstić information content (AvgIpc) is 2.99. The zero-order chi connectivity index (χ0) is 19.8. The van der Waals surface area contributed by atoms with Gasteiger partial charge in [-0.3, -0.25) is 19.9 Å². The highest BCUT2D eigenvalue weighted by Gasteiger charge is 2.54. The number of rotatable bonds is 3. The lowest BCUT2D eigenvalue weighted by atomic mass is 9.85. The Morgan fingerprint density at radius 1 is 0.966 bits per heavy atom. The first-order chi connectivity index (χ1) is 14.2. The van der Waals surface area contributed by atoms with E-state index in [4.69, 9.17) is 9.47 Å². The van der Waals surface area contributed by atoms with E-state index in [2.05, 4.69) is 10.2 Å². The number of benzene rings is 2. The maximum absolute atomic E-state index is 12.7. The van der Waals surface area contributed by atoms with Crippen LogP contribution in [-0.2, 0) is 4.79 Å². The third-order valence-electron chi connectivity index (χ3n) is 6.00. The van der Waals surface area contributed by atoms with Crippen LogP contribution >= 0.6 is 0 Å². The van der Waals surface area contributed by atoms with Gasteiger partial charge in [-0.15, -0.1) is 0 Å². The van der Waals surface area contributed by atoms with Crippen molar-refractivity contribution in [1.82, 2.24) is 10.2 Å². The predicted molar refractivity (Wildman–Crippen MR) is 107 cm³/mol. The highest BCUT2D eigenvalue weighted by Crippen LogP contribution is 2.37. The number of nitrogens with one attached hydrogen (secondary N) is 1. The summed E-state index contributed by atoms with van der Waals surface area (Å²) in [5.41, 5.74) is -0.0595. The number of ether oxygens (including phenoxy) is 2. The second-order valence-corrected chi connectivity index (χ2v) is 7.76. The predicted octanol–water partition coefficient (Wildman–Crippen LogP) is 2.42. The molecule has 2 aromatic rings. The van der Waals surface area contributed by atoms with Crippen LogP contribution < -0.4 is 19.7 Å². The van der Waals surface area contributed by atoms with Crippen LogP contribution in [0.3, 0.4) is 0 Å². The zero-order valence-corrected chi connectivity index (χ0v) is 16.0. The van der Waals surface area contributed by atoms with Gasteiger partial charge in [0.2, 0.25) is 0 Å². The summed E-state index contributed by atoms with van der Waals surface area (Å²) in [5.74, 6) is 1.35. The second-order valence-electron chi connectivity index (χ2n) is 7.76. The molecule has 1 atom stereocenters. The Labute approximate surface area is 169 Å². The van der Waals surface area contributed by atoms with Crippen LogP contribution in [0.5, 0.6) is 11.5 Å². The third kappa shape index (κ3) is 3.11. The number of imide groups is 1. The standard InChI is InChI=1S/C22H23N3O4/c26-20-22(25(21(27)23-20)16-6-2-1-3-7-16)10-12-24(13-11-22)14-17-15-28-18-8-4-5-9-19(18)29-17/h1-9,17H,10-15H2,(H,23,26,27). The van der Waals surface area contributed by atoms with E-state index < -0.39 is 5.54 Å². The Bertz CT molecular complexity index is 925. The summed E-state index contributed by atoms with van der Waals surface area (Å²) in [6.07, 6.45) is 1.12. The topological polar surface area (TPSA) is 71.1 Å².